The Labute approximate surface area is 220 Å². The molecule has 0 spiro atoms. The third-order valence-corrected chi connectivity index (χ3v) is 7.57. The van der Waals surface area contributed by atoms with Gasteiger partial charge in [0, 0.05) is 23.0 Å². The first-order valence-corrected chi connectivity index (χ1v) is 12.7. The lowest BCUT2D eigenvalue weighted by Crippen LogP contribution is -2.44. The molecule has 1 saturated heterocycles. The van der Waals surface area contributed by atoms with Crippen molar-refractivity contribution in [2.45, 2.75) is 25.4 Å². The van der Waals surface area contributed by atoms with E-state index in [1.54, 1.807) is 19.1 Å². The molecule has 1 aromatic heterocycles. The van der Waals surface area contributed by atoms with Gasteiger partial charge < -0.3 is 24.1 Å². The fraction of sp³-hybridized carbons (Fsp3) is 0.241. The quantitative estimate of drug-likeness (QED) is 0.356. The molecular weight excluding hydrogens is 486 g/mol. The summed E-state index contributed by atoms with van der Waals surface area (Å²) in [6.07, 6.45) is 0.565. The molecule has 6 rings (SSSR count). The van der Waals surface area contributed by atoms with Gasteiger partial charge in [-0.15, -0.1) is 0 Å². The molecule has 0 radical (unpaired) electrons. The lowest BCUT2D eigenvalue weighted by atomic mass is 9.88. The van der Waals surface area contributed by atoms with Crippen LogP contribution in [0.5, 0.6) is 17.2 Å². The van der Waals surface area contributed by atoms with E-state index in [0.29, 0.717) is 29.6 Å². The van der Waals surface area contributed by atoms with E-state index in [-0.39, 0.29) is 11.9 Å². The Bertz CT molecular complexity index is 1510. The van der Waals surface area contributed by atoms with E-state index in [9.17, 15) is 4.79 Å². The van der Waals surface area contributed by atoms with E-state index in [1.165, 1.54) is 0 Å². The second-order valence-electron chi connectivity index (χ2n) is 9.09. The van der Waals surface area contributed by atoms with Crippen LogP contribution in [-0.4, -0.2) is 47.8 Å². The number of para-hydroxylation sites is 1. The van der Waals surface area contributed by atoms with Crippen LogP contribution in [0.3, 0.4) is 0 Å². The van der Waals surface area contributed by atoms with Crippen LogP contribution in [-0.2, 0) is 11.2 Å². The molecule has 2 aliphatic rings. The number of carbonyl (C=O) groups is 1. The number of nitrogens with zero attached hydrogens (tertiary/aromatic N) is 2. The molecule has 2 atom stereocenters. The average molecular weight is 514 g/mol. The van der Waals surface area contributed by atoms with Gasteiger partial charge in [-0.2, -0.15) is 0 Å². The highest BCUT2D eigenvalue weighted by Gasteiger charge is 2.51. The van der Waals surface area contributed by atoms with Gasteiger partial charge in [-0.25, -0.2) is 0 Å². The van der Waals surface area contributed by atoms with Crippen molar-refractivity contribution in [1.29, 1.82) is 0 Å². The number of ether oxygens (including phenoxy) is 3. The van der Waals surface area contributed by atoms with Crippen LogP contribution in [0.25, 0.3) is 10.9 Å². The topological polar surface area (TPSA) is 67.0 Å². The van der Waals surface area contributed by atoms with Crippen LogP contribution in [0.2, 0.25) is 0 Å². The van der Waals surface area contributed by atoms with Gasteiger partial charge in [0.2, 0.25) is 0 Å². The molecule has 0 saturated carbocycles. The number of anilines is 1. The van der Waals surface area contributed by atoms with E-state index < -0.39 is 6.04 Å². The summed E-state index contributed by atoms with van der Waals surface area (Å²) in [5, 5.41) is 1.60. The summed E-state index contributed by atoms with van der Waals surface area (Å²) in [6.45, 7) is 2.52. The Hall–Kier alpha value is -4.04. The zero-order valence-electron chi connectivity index (χ0n) is 20.9. The van der Waals surface area contributed by atoms with Crippen molar-refractivity contribution in [3.63, 3.8) is 0 Å². The first-order valence-electron chi connectivity index (χ1n) is 12.3. The summed E-state index contributed by atoms with van der Waals surface area (Å²) >= 11 is 6.01. The van der Waals surface area contributed by atoms with Crippen molar-refractivity contribution in [3.05, 3.63) is 83.6 Å². The molecular formula is C29H27N3O4S. The van der Waals surface area contributed by atoms with Crippen molar-refractivity contribution in [2.24, 2.45) is 0 Å². The molecule has 0 aliphatic carbocycles. The van der Waals surface area contributed by atoms with Gasteiger partial charge in [-0.1, -0.05) is 24.3 Å². The minimum atomic E-state index is -0.427. The number of thiocarbonyl (C=S) groups is 1. The van der Waals surface area contributed by atoms with Crippen molar-refractivity contribution < 1.29 is 19.0 Å². The predicted molar refractivity (Wildman–Crippen MR) is 147 cm³/mol. The maximum absolute atomic E-state index is 13.9. The molecule has 8 heteroatoms. The van der Waals surface area contributed by atoms with E-state index in [2.05, 4.69) is 22.0 Å². The number of fused-ring (bicyclic) bond motifs is 4. The van der Waals surface area contributed by atoms with E-state index in [4.69, 9.17) is 26.4 Å². The average Bonchev–Trinajstić information content (AvgIpc) is 3.42. The number of hydrogen-bond donors (Lipinski definition) is 1. The second kappa shape index (κ2) is 9.12. The van der Waals surface area contributed by atoms with Gasteiger partial charge in [0.1, 0.15) is 11.8 Å². The maximum Gasteiger partial charge on any atom is 0.256 e. The first kappa shape index (κ1) is 23.4. The van der Waals surface area contributed by atoms with Gasteiger partial charge in [-0.05, 0) is 72.7 Å². The fourth-order valence-electron chi connectivity index (χ4n) is 5.54. The number of nitrogens with one attached hydrogen (secondary N) is 1. The molecule has 0 unspecified atom stereocenters. The van der Waals surface area contributed by atoms with Crippen molar-refractivity contribution in [2.75, 3.05) is 25.7 Å². The summed E-state index contributed by atoms with van der Waals surface area (Å²) in [7, 11) is 3.24. The molecule has 3 aromatic carbocycles. The first-order chi connectivity index (χ1) is 18.0. The molecule has 1 N–H and O–H groups in total. The Morgan fingerprint density at radius 1 is 1.00 bits per heavy atom. The van der Waals surface area contributed by atoms with Gasteiger partial charge in [0.05, 0.1) is 32.6 Å². The number of aromatic nitrogens is 1. The lowest BCUT2D eigenvalue weighted by Gasteiger charge is -2.37. The molecule has 7 nitrogen and oxygen atoms in total. The zero-order chi connectivity index (χ0) is 25.7. The Kier molecular flexibility index (Phi) is 5.76. The molecule has 188 valence electrons. The van der Waals surface area contributed by atoms with Crippen molar-refractivity contribution in [3.8, 4) is 17.2 Å². The molecule has 1 fully saturated rings. The Balaban J connectivity index is 1.49. The molecule has 2 aliphatic heterocycles. The molecule has 4 aromatic rings. The number of H-pyrrole nitrogens is 1. The second-order valence-corrected chi connectivity index (χ2v) is 9.46. The molecule has 0 bridgehead atoms. The number of benzene rings is 3. The molecule has 37 heavy (non-hydrogen) atoms. The summed E-state index contributed by atoms with van der Waals surface area (Å²) in [5.41, 5.74) is 4.90. The number of methoxy groups -OCH3 is 2. The van der Waals surface area contributed by atoms with Gasteiger partial charge >= 0.3 is 0 Å². The maximum atomic E-state index is 13.9. The monoisotopic (exact) mass is 513 g/mol. The normalized spacial score (nSPS) is 18.7. The minimum absolute atomic E-state index is 0.0319. The van der Waals surface area contributed by atoms with Gasteiger partial charge in [0.15, 0.2) is 16.6 Å². The minimum Gasteiger partial charge on any atom is -0.494 e. The van der Waals surface area contributed by atoms with Crippen LogP contribution in [0.15, 0.2) is 66.7 Å². The predicted octanol–water partition coefficient (Wildman–Crippen LogP) is 5.23. The summed E-state index contributed by atoms with van der Waals surface area (Å²) in [6, 6.07) is 20.9. The highest BCUT2D eigenvalue weighted by molar-refractivity contribution is 7.80. The Morgan fingerprint density at radius 3 is 2.49 bits per heavy atom. The van der Waals surface area contributed by atoms with E-state index in [1.807, 2.05) is 61.5 Å². The lowest BCUT2D eigenvalue weighted by molar-refractivity contribution is -0.120. The Morgan fingerprint density at radius 2 is 1.76 bits per heavy atom. The third kappa shape index (κ3) is 3.62. The van der Waals surface area contributed by atoms with Crippen molar-refractivity contribution in [1.82, 2.24) is 9.88 Å². The summed E-state index contributed by atoms with van der Waals surface area (Å²) < 4.78 is 16.7. The standard InChI is InChI=1S/C29H27N3O4S/c1-4-36-19-12-10-18(11-13-19)31-28(33)23-16-21-20-7-5-6-8-22(20)30-26(21)27(32(23)29(31)37)17-9-14-24(34-2)25(15-17)35-3/h5-15,23,27,30H,4,16H2,1-3H3/t23-,27-/m0/s1. The summed E-state index contributed by atoms with van der Waals surface area (Å²) in [5.74, 6) is 1.99. The van der Waals surface area contributed by atoms with Crippen LogP contribution in [0.1, 0.15) is 29.8 Å². The highest BCUT2D eigenvalue weighted by atomic mass is 32.1. The van der Waals surface area contributed by atoms with Crippen molar-refractivity contribution >= 4 is 39.8 Å². The zero-order valence-corrected chi connectivity index (χ0v) is 21.7. The molecule has 3 heterocycles. The number of carbonyl (C=O) groups excluding carboxylic acids is 1. The van der Waals surface area contributed by atoms with Crippen LogP contribution < -0.4 is 19.1 Å². The summed E-state index contributed by atoms with van der Waals surface area (Å²) in [4.78, 5) is 21.3. The fourth-order valence-corrected chi connectivity index (χ4v) is 5.97. The highest BCUT2D eigenvalue weighted by Crippen LogP contribution is 2.46. The van der Waals surface area contributed by atoms with E-state index >= 15 is 0 Å². The number of rotatable bonds is 6. The van der Waals surface area contributed by atoms with Gasteiger partial charge in [-0.3, -0.25) is 9.69 Å². The smallest absolute Gasteiger partial charge is 0.256 e. The molecule has 1 amide bonds. The number of hydrogen-bond acceptors (Lipinski definition) is 5. The van der Waals surface area contributed by atoms with Crippen LogP contribution in [0.4, 0.5) is 5.69 Å². The number of amides is 1. The third-order valence-electron chi connectivity index (χ3n) is 7.18. The van der Waals surface area contributed by atoms with Crippen LogP contribution >= 0.6 is 12.2 Å². The van der Waals surface area contributed by atoms with E-state index in [0.717, 1.165) is 39.2 Å². The SMILES string of the molecule is CCOc1ccc(N2C(=O)[C@@H]3Cc4c([nH]c5ccccc45)[C@H](c4ccc(OC)c(OC)c4)N3C2=S)cc1. The number of aromatic amines is 1. The van der Waals surface area contributed by atoms with Gasteiger partial charge in [0.25, 0.3) is 5.91 Å². The van der Waals surface area contributed by atoms with Crippen LogP contribution in [0, 0.1) is 0 Å². The largest absolute Gasteiger partial charge is 0.494 e.